The summed E-state index contributed by atoms with van der Waals surface area (Å²) in [6.07, 6.45) is 2.20. The molecule has 1 unspecified atom stereocenters. The van der Waals surface area contributed by atoms with Crippen molar-refractivity contribution in [2.75, 3.05) is 0 Å². The Kier molecular flexibility index (Phi) is 3.50. The van der Waals surface area contributed by atoms with Crippen molar-refractivity contribution in [2.45, 2.75) is 31.7 Å². The van der Waals surface area contributed by atoms with E-state index in [1.54, 1.807) is 15.9 Å². The van der Waals surface area contributed by atoms with Crippen molar-refractivity contribution in [3.63, 3.8) is 0 Å². The molecule has 2 aromatic heterocycles. The minimum atomic E-state index is -1.10. The smallest absolute Gasteiger partial charge is 0.356 e. The molecule has 3 heterocycles. The Labute approximate surface area is 124 Å². The van der Waals surface area contributed by atoms with Gasteiger partial charge in [0, 0.05) is 11.3 Å². The monoisotopic (exact) mass is 306 g/mol. The Hall–Kier alpha value is -2.15. The van der Waals surface area contributed by atoms with E-state index in [1.165, 1.54) is 0 Å². The van der Waals surface area contributed by atoms with E-state index < -0.39 is 18.0 Å². The quantitative estimate of drug-likeness (QED) is 0.903. The molecule has 110 valence electrons. The van der Waals surface area contributed by atoms with E-state index in [1.807, 2.05) is 17.5 Å². The first kappa shape index (κ1) is 13.8. The second-order valence-electron chi connectivity index (χ2n) is 5.00. The first-order chi connectivity index (χ1) is 10.1. The van der Waals surface area contributed by atoms with Crippen LogP contribution in [0.3, 0.4) is 0 Å². The van der Waals surface area contributed by atoms with Gasteiger partial charge in [0.2, 0.25) is 0 Å². The third kappa shape index (κ3) is 2.44. The Balaban J connectivity index is 2.10. The molecule has 3 rings (SSSR count). The number of aromatic nitrogens is 2. The number of hydrogen-bond acceptors (Lipinski definition) is 4. The Morgan fingerprint density at radius 2 is 2.24 bits per heavy atom. The predicted octanol–water partition coefficient (Wildman–Crippen LogP) is 2.20. The molecule has 6 nitrogen and oxygen atoms in total. The molecule has 2 N–H and O–H groups in total. The van der Waals surface area contributed by atoms with Gasteiger partial charge in [0.05, 0.1) is 5.69 Å². The molecular weight excluding hydrogens is 292 g/mol. The average molecular weight is 306 g/mol. The molecule has 0 aliphatic carbocycles. The van der Waals surface area contributed by atoms with Gasteiger partial charge in [0.1, 0.15) is 11.9 Å². The van der Waals surface area contributed by atoms with Gasteiger partial charge < -0.3 is 14.8 Å². The summed E-state index contributed by atoms with van der Waals surface area (Å²) in [4.78, 5) is 28.0. The molecule has 0 spiro atoms. The maximum Gasteiger partial charge on any atom is 0.356 e. The van der Waals surface area contributed by atoms with E-state index in [4.69, 9.17) is 0 Å². The van der Waals surface area contributed by atoms with Crippen LogP contribution in [0.5, 0.6) is 0 Å². The van der Waals surface area contributed by atoms with Crippen molar-refractivity contribution in [2.24, 2.45) is 0 Å². The molecule has 21 heavy (non-hydrogen) atoms. The Morgan fingerprint density at radius 3 is 2.86 bits per heavy atom. The number of carboxylic acids is 2. The van der Waals surface area contributed by atoms with E-state index in [0.29, 0.717) is 37.2 Å². The number of carboxylic acid groups (broad SMARTS) is 2. The number of hydrogen-bond donors (Lipinski definition) is 2. The molecule has 0 fully saturated rings. The van der Waals surface area contributed by atoms with Gasteiger partial charge in [-0.3, -0.25) is 0 Å². The lowest BCUT2D eigenvalue weighted by Crippen LogP contribution is -2.27. The highest BCUT2D eigenvalue weighted by molar-refractivity contribution is 7.09. The van der Waals surface area contributed by atoms with Crippen LogP contribution < -0.4 is 0 Å². The summed E-state index contributed by atoms with van der Waals surface area (Å²) >= 11 is 1.55. The largest absolute Gasteiger partial charge is 0.480 e. The summed E-state index contributed by atoms with van der Waals surface area (Å²) in [5.74, 6) is -1.50. The highest BCUT2D eigenvalue weighted by Crippen LogP contribution is 2.30. The number of rotatable bonds is 4. The zero-order valence-electron chi connectivity index (χ0n) is 11.2. The SMILES string of the molecule is O=C(O)c1nc(Cc2cccs2)n2c1CCCC2C(=O)O. The van der Waals surface area contributed by atoms with Crippen LogP contribution in [0.25, 0.3) is 0 Å². The highest BCUT2D eigenvalue weighted by atomic mass is 32.1. The van der Waals surface area contributed by atoms with E-state index >= 15 is 0 Å². The van der Waals surface area contributed by atoms with Crippen LogP contribution in [-0.2, 0) is 17.6 Å². The van der Waals surface area contributed by atoms with Crippen molar-refractivity contribution in [1.82, 2.24) is 9.55 Å². The summed E-state index contributed by atoms with van der Waals surface area (Å²) in [5, 5.41) is 20.6. The van der Waals surface area contributed by atoms with Crippen LogP contribution in [0.2, 0.25) is 0 Å². The standard InChI is InChI=1S/C14H14N2O4S/c17-13(18)10-5-1-4-9-12(14(19)20)15-11(16(9)10)7-8-3-2-6-21-8/h2-3,6,10H,1,4-5,7H2,(H,17,18)(H,19,20). The van der Waals surface area contributed by atoms with Crippen molar-refractivity contribution in [1.29, 1.82) is 0 Å². The molecule has 0 saturated heterocycles. The first-order valence-electron chi connectivity index (χ1n) is 6.66. The van der Waals surface area contributed by atoms with E-state index in [2.05, 4.69) is 4.98 Å². The van der Waals surface area contributed by atoms with Crippen LogP contribution in [-0.4, -0.2) is 31.7 Å². The van der Waals surface area contributed by atoms with Gasteiger partial charge in [-0.1, -0.05) is 6.07 Å². The van der Waals surface area contributed by atoms with Crippen LogP contribution in [0, 0.1) is 0 Å². The molecule has 2 aromatic rings. The molecule has 0 aromatic carbocycles. The number of carbonyl (C=O) groups is 2. The maximum absolute atomic E-state index is 11.5. The average Bonchev–Trinajstić information content (AvgIpc) is 3.07. The van der Waals surface area contributed by atoms with Crippen molar-refractivity contribution < 1.29 is 19.8 Å². The van der Waals surface area contributed by atoms with Crippen LogP contribution in [0.4, 0.5) is 0 Å². The Morgan fingerprint density at radius 1 is 1.43 bits per heavy atom. The second kappa shape index (κ2) is 5.33. The van der Waals surface area contributed by atoms with Crippen molar-refractivity contribution in [3.8, 4) is 0 Å². The lowest BCUT2D eigenvalue weighted by atomic mass is 10.0. The van der Waals surface area contributed by atoms with E-state index in [-0.39, 0.29) is 5.69 Å². The molecule has 1 aliphatic heterocycles. The third-order valence-corrected chi connectivity index (χ3v) is 4.56. The second-order valence-corrected chi connectivity index (χ2v) is 6.03. The third-order valence-electron chi connectivity index (χ3n) is 3.69. The van der Waals surface area contributed by atoms with Crippen molar-refractivity contribution >= 4 is 23.3 Å². The molecule has 1 aliphatic rings. The fourth-order valence-corrected chi connectivity index (χ4v) is 3.52. The summed E-state index contributed by atoms with van der Waals surface area (Å²) in [6, 6.07) is 3.13. The number of aliphatic carboxylic acids is 1. The zero-order chi connectivity index (χ0) is 15.0. The minimum Gasteiger partial charge on any atom is -0.480 e. The minimum absolute atomic E-state index is 0.00694. The predicted molar refractivity (Wildman–Crippen MR) is 75.9 cm³/mol. The van der Waals surface area contributed by atoms with E-state index in [0.717, 1.165) is 4.88 Å². The van der Waals surface area contributed by atoms with Crippen molar-refractivity contribution in [3.05, 3.63) is 39.6 Å². The lowest BCUT2D eigenvalue weighted by molar-refractivity contribution is -0.141. The number of aromatic carboxylic acids is 1. The maximum atomic E-state index is 11.5. The zero-order valence-corrected chi connectivity index (χ0v) is 12.0. The lowest BCUT2D eigenvalue weighted by Gasteiger charge is -2.24. The fourth-order valence-electron chi connectivity index (χ4n) is 2.82. The summed E-state index contributed by atoms with van der Waals surface area (Å²) < 4.78 is 1.62. The van der Waals surface area contributed by atoms with Gasteiger partial charge in [0.15, 0.2) is 5.69 Å². The van der Waals surface area contributed by atoms with Crippen LogP contribution in [0.15, 0.2) is 17.5 Å². The molecule has 0 saturated carbocycles. The fraction of sp³-hybridized carbons (Fsp3) is 0.357. The molecule has 0 bridgehead atoms. The molecular formula is C14H14N2O4S. The normalized spacial score (nSPS) is 17.4. The summed E-state index contributed by atoms with van der Waals surface area (Å²) in [7, 11) is 0. The van der Waals surface area contributed by atoms with E-state index in [9.17, 15) is 19.8 Å². The number of nitrogens with zero attached hydrogens (tertiary/aromatic N) is 2. The number of thiophene rings is 1. The number of imidazole rings is 1. The first-order valence-corrected chi connectivity index (χ1v) is 7.54. The highest BCUT2D eigenvalue weighted by Gasteiger charge is 2.33. The molecule has 7 heteroatoms. The van der Waals surface area contributed by atoms with Gasteiger partial charge >= 0.3 is 11.9 Å². The molecule has 0 radical (unpaired) electrons. The molecule has 0 amide bonds. The van der Waals surface area contributed by atoms with Gasteiger partial charge in [0.25, 0.3) is 0 Å². The number of fused-ring (bicyclic) bond motifs is 1. The summed E-state index contributed by atoms with van der Waals surface area (Å²) in [6.45, 7) is 0. The van der Waals surface area contributed by atoms with Gasteiger partial charge in [-0.15, -0.1) is 11.3 Å². The van der Waals surface area contributed by atoms with Gasteiger partial charge in [-0.25, -0.2) is 14.6 Å². The molecule has 1 atom stereocenters. The topological polar surface area (TPSA) is 92.4 Å². The summed E-state index contributed by atoms with van der Waals surface area (Å²) in [5.41, 5.74) is 0.528. The van der Waals surface area contributed by atoms with Crippen LogP contribution >= 0.6 is 11.3 Å². The van der Waals surface area contributed by atoms with Crippen LogP contribution in [0.1, 0.15) is 45.8 Å². The Bertz CT molecular complexity index is 690. The van der Waals surface area contributed by atoms with Gasteiger partial charge in [-0.2, -0.15) is 0 Å². The van der Waals surface area contributed by atoms with Gasteiger partial charge in [-0.05, 0) is 30.7 Å².